The summed E-state index contributed by atoms with van der Waals surface area (Å²) in [5.41, 5.74) is 1.86. The van der Waals surface area contributed by atoms with Crippen molar-refractivity contribution in [2.75, 3.05) is 0 Å². The molecule has 0 fully saturated rings. The predicted molar refractivity (Wildman–Crippen MR) is 118 cm³/mol. The average molecular weight is 504 g/mol. The number of benzene rings is 2. The number of thiophene rings is 2. The zero-order valence-corrected chi connectivity index (χ0v) is 17.8. The first kappa shape index (κ1) is 15.5. The lowest BCUT2D eigenvalue weighted by Crippen LogP contribution is -1.67. The van der Waals surface area contributed by atoms with Crippen LogP contribution in [0, 0.1) is 0 Å². The monoisotopic (exact) mass is 502 g/mol. The largest absolute Gasteiger partial charge is 0.445 e. The number of halogens is 2. The van der Waals surface area contributed by atoms with Crippen LogP contribution in [0.4, 0.5) is 0 Å². The maximum atomic E-state index is 6.02. The van der Waals surface area contributed by atoms with E-state index in [0.717, 1.165) is 40.7 Å². The second-order valence-electron chi connectivity index (χ2n) is 6.11. The van der Waals surface area contributed by atoms with Crippen LogP contribution in [0.5, 0.6) is 0 Å². The van der Waals surface area contributed by atoms with Crippen LogP contribution in [0.3, 0.4) is 0 Å². The lowest BCUT2D eigenvalue weighted by atomic mass is 10.2. The van der Waals surface area contributed by atoms with Gasteiger partial charge in [-0.1, -0.05) is 54.5 Å². The fourth-order valence-electron chi connectivity index (χ4n) is 3.32. The smallest absolute Gasteiger partial charge is 0.189 e. The second-order valence-corrected chi connectivity index (χ2v) is 9.97. The molecule has 2 aromatic carbocycles. The Hall–Kier alpha value is -1.60. The van der Waals surface area contributed by atoms with Crippen LogP contribution >= 0.6 is 54.5 Å². The molecular weight excluding hydrogens is 496 g/mol. The maximum absolute atomic E-state index is 6.02. The van der Waals surface area contributed by atoms with Gasteiger partial charge in [-0.05, 0) is 48.5 Å². The topological polar surface area (TPSA) is 26.3 Å². The molecule has 0 spiro atoms. The van der Waals surface area contributed by atoms with Crippen LogP contribution in [0.15, 0.2) is 66.3 Å². The molecule has 6 rings (SSSR count). The minimum Gasteiger partial charge on any atom is -0.445 e. The molecule has 0 bridgehead atoms. The second kappa shape index (κ2) is 5.45. The number of furan rings is 2. The Labute approximate surface area is 172 Å². The summed E-state index contributed by atoms with van der Waals surface area (Å²) < 4.78 is 14.2. The highest BCUT2D eigenvalue weighted by atomic mass is 79.9. The third kappa shape index (κ3) is 2.19. The summed E-state index contributed by atoms with van der Waals surface area (Å²) in [6.07, 6.45) is 0. The van der Waals surface area contributed by atoms with Gasteiger partial charge >= 0.3 is 0 Å². The van der Waals surface area contributed by atoms with Crippen molar-refractivity contribution in [3.8, 4) is 9.75 Å². The summed E-state index contributed by atoms with van der Waals surface area (Å²) >= 11 is 10.5. The van der Waals surface area contributed by atoms with Crippen molar-refractivity contribution >= 4 is 97.0 Å². The standard InChI is InChI=1S/C20H8Br2O2S2/c21-9-1-3-15-11(5-9)13-7-17(25-19(13)23-15)18-8-14-12-6-10(22)2-4-16(12)24-20(14)26-18/h1-8H. The SMILES string of the molecule is Brc1ccc2oc3sc(-c4cc5c(oc6ccc(Br)cc65)s4)cc3c2c1. The Morgan fingerprint density at radius 1 is 0.577 bits per heavy atom. The molecule has 0 aliphatic heterocycles. The van der Waals surface area contributed by atoms with E-state index in [1.165, 1.54) is 20.5 Å². The fourth-order valence-corrected chi connectivity index (χ4v) is 6.19. The number of fused-ring (bicyclic) bond motifs is 6. The number of hydrogen-bond acceptors (Lipinski definition) is 4. The van der Waals surface area contributed by atoms with Gasteiger partial charge in [0.1, 0.15) is 11.2 Å². The van der Waals surface area contributed by atoms with Gasteiger partial charge in [-0.15, -0.1) is 0 Å². The molecule has 0 aliphatic carbocycles. The Bertz CT molecular complexity index is 1350. The Morgan fingerprint density at radius 2 is 1.04 bits per heavy atom. The quantitative estimate of drug-likeness (QED) is 0.224. The van der Waals surface area contributed by atoms with Crippen LogP contribution in [0.1, 0.15) is 0 Å². The third-order valence-electron chi connectivity index (χ3n) is 4.51. The lowest BCUT2D eigenvalue weighted by Gasteiger charge is -1.92. The van der Waals surface area contributed by atoms with Crippen molar-refractivity contribution in [1.82, 2.24) is 0 Å². The first-order chi connectivity index (χ1) is 12.7. The minimum atomic E-state index is 0.928. The molecule has 126 valence electrons. The summed E-state index contributed by atoms with van der Waals surface area (Å²) in [5.74, 6) is 0. The summed E-state index contributed by atoms with van der Waals surface area (Å²) in [6, 6.07) is 16.7. The summed E-state index contributed by atoms with van der Waals surface area (Å²) in [6.45, 7) is 0. The van der Waals surface area contributed by atoms with Gasteiger partial charge in [0.05, 0.1) is 0 Å². The Morgan fingerprint density at radius 3 is 1.50 bits per heavy atom. The zero-order chi connectivity index (χ0) is 17.4. The van der Waals surface area contributed by atoms with E-state index in [0.29, 0.717) is 0 Å². The van der Waals surface area contributed by atoms with Crippen molar-refractivity contribution < 1.29 is 8.83 Å². The fraction of sp³-hybridized carbons (Fsp3) is 0. The lowest BCUT2D eigenvalue weighted by molar-refractivity contribution is 0.677. The van der Waals surface area contributed by atoms with Gasteiger partial charge in [-0.3, -0.25) is 0 Å². The van der Waals surface area contributed by atoms with E-state index in [4.69, 9.17) is 8.83 Å². The van der Waals surface area contributed by atoms with Crippen LogP contribution in [0.25, 0.3) is 52.3 Å². The van der Waals surface area contributed by atoms with Crippen molar-refractivity contribution in [1.29, 1.82) is 0 Å². The van der Waals surface area contributed by atoms with Gasteiger partial charge in [0.25, 0.3) is 0 Å². The van der Waals surface area contributed by atoms with E-state index < -0.39 is 0 Å². The summed E-state index contributed by atoms with van der Waals surface area (Å²) in [4.78, 5) is 4.34. The van der Waals surface area contributed by atoms with Crippen LogP contribution in [-0.2, 0) is 0 Å². The number of hydrogen-bond donors (Lipinski definition) is 0. The van der Waals surface area contributed by atoms with Crippen LogP contribution in [0.2, 0.25) is 0 Å². The van der Waals surface area contributed by atoms with Crippen molar-refractivity contribution in [2.45, 2.75) is 0 Å². The van der Waals surface area contributed by atoms with E-state index in [-0.39, 0.29) is 0 Å². The third-order valence-corrected chi connectivity index (χ3v) is 7.72. The van der Waals surface area contributed by atoms with E-state index in [9.17, 15) is 0 Å². The Kier molecular flexibility index (Phi) is 3.24. The van der Waals surface area contributed by atoms with E-state index >= 15 is 0 Å². The Balaban J connectivity index is 1.57. The van der Waals surface area contributed by atoms with Gasteiger partial charge in [0, 0.05) is 40.2 Å². The molecule has 0 radical (unpaired) electrons. The maximum Gasteiger partial charge on any atom is 0.189 e. The molecule has 0 amide bonds. The molecule has 0 aliphatic rings. The average Bonchev–Trinajstić information content (AvgIpc) is 3.33. The van der Waals surface area contributed by atoms with Crippen LogP contribution in [-0.4, -0.2) is 0 Å². The molecule has 6 heteroatoms. The molecular formula is C20H8Br2O2S2. The highest BCUT2D eigenvalue weighted by molar-refractivity contribution is 9.10. The molecule has 4 heterocycles. The summed E-state index contributed by atoms with van der Waals surface area (Å²) in [5, 5.41) is 4.62. The molecule has 0 unspecified atom stereocenters. The highest BCUT2D eigenvalue weighted by Gasteiger charge is 2.17. The van der Waals surface area contributed by atoms with Gasteiger partial charge < -0.3 is 8.83 Å². The van der Waals surface area contributed by atoms with E-state index in [1.54, 1.807) is 22.7 Å². The minimum absolute atomic E-state index is 0.928. The zero-order valence-electron chi connectivity index (χ0n) is 13.0. The first-order valence-corrected chi connectivity index (χ1v) is 11.1. The molecule has 4 aromatic heterocycles. The van der Waals surface area contributed by atoms with Crippen molar-refractivity contribution in [3.05, 3.63) is 57.5 Å². The summed E-state index contributed by atoms with van der Waals surface area (Å²) in [7, 11) is 0. The van der Waals surface area contributed by atoms with E-state index in [1.807, 2.05) is 24.3 Å². The van der Waals surface area contributed by atoms with Gasteiger partial charge in [0.15, 0.2) is 9.79 Å². The predicted octanol–water partition coefficient (Wildman–Crippen LogP) is 8.80. The highest BCUT2D eigenvalue weighted by Crippen LogP contribution is 2.45. The molecule has 0 N–H and O–H groups in total. The molecule has 26 heavy (non-hydrogen) atoms. The molecule has 0 atom stereocenters. The van der Waals surface area contributed by atoms with Gasteiger partial charge in [-0.25, -0.2) is 0 Å². The van der Waals surface area contributed by atoms with E-state index in [2.05, 4.69) is 56.1 Å². The van der Waals surface area contributed by atoms with Crippen molar-refractivity contribution in [3.63, 3.8) is 0 Å². The van der Waals surface area contributed by atoms with Gasteiger partial charge in [-0.2, -0.15) is 0 Å². The van der Waals surface area contributed by atoms with Crippen molar-refractivity contribution in [2.24, 2.45) is 0 Å². The molecule has 2 nitrogen and oxygen atoms in total. The van der Waals surface area contributed by atoms with Gasteiger partial charge in [0.2, 0.25) is 0 Å². The van der Waals surface area contributed by atoms with Crippen LogP contribution < -0.4 is 0 Å². The molecule has 0 saturated carbocycles. The molecule has 6 aromatic rings. The number of rotatable bonds is 1. The molecule has 0 saturated heterocycles. The first-order valence-electron chi connectivity index (χ1n) is 7.89. The normalized spacial score (nSPS) is 12.2.